The molecule has 1 aliphatic heterocycles. The molecule has 2 aromatic rings. The number of aromatic nitrogens is 1. The lowest BCUT2D eigenvalue weighted by molar-refractivity contribution is -0.135. The number of aldehydes is 1. The van der Waals surface area contributed by atoms with E-state index in [9.17, 15) is 9.59 Å². The van der Waals surface area contributed by atoms with Gasteiger partial charge in [-0.05, 0) is 31.2 Å². The lowest BCUT2D eigenvalue weighted by Gasteiger charge is -2.34. The molecule has 25 heavy (non-hydrogen) atoms. The summed E-state index contributed by atoms with van der Waals surface area (Å²) in [7, 11) is 0. The summed E-state index contributed by atoms with van der Waals surface area (Å²) in [6.07, 6.45) is 0.779. The van der Waals surface area contributed by atoms with Crippen molar-refractivity contribution < 1.29 is 14.3 Å². The zero-order valence-electron chi connectivity index (χ0n) is 14.2. The maximum Gasteiger partial charge on any atom is 0.260 e. The van der Waals surface area contributed by atoms with Crippen molar-refractivity contribution in [2.75, 3.05) is 32.8 Å². The molecular weight excluding hydrogens is 338 g/mol. The molecule has 1 saturated heterocycles. The Hall–Kier alpha value is -2.25. The first-order chi connectivity index (χ1) is 12.1. The molecule has 0 N–H and O–H groups in total. The summed E-state index contributed by atoms with van der Waals surface area (Å²) in [6.45, 7) is 5.96. The summed E-state index contributed by atoms with van der Waals surface area (Å²) >= 11 is 1.67. The second-order valence-corrected chi connectivity index (χ2v) is 7.05. The topological polar surface area (TPSA) is 62.7 Å². The van der Waals surface area contributed by atoms with Crippen molar-refractivity contribution in [2.45, 2.75) is 13.5 Å². The fourth-order valence-corrected chi connectivity index (χ4v) is 3.35. The van der Waals surface area contributed by atoms with Crippen LogP contribution in [0.3, 0.4) is 0 Å². The maximum atomic E-state index is 12.3. The highest BCUT2D eigenvalue weighted by molar-refractivity contribution is 7.09. The molecule has 6 nitrogen and oxygen atoms in total. The third kappa shape index (κ3) is 4.87. The van der Waals surface area contributed by atoms with Crippen molar-refractivity contribution in [2.24, 2.45) is 0 Å². The SMILES string of the molecule is Cc1nc(CN2CCN(C(=O)COc3ccc(C=O)cc3)CC2)cs1. The quantitative estimate of drug-likeness (QED) is 0.738. The van der Waals surface area contributed by atoms with Crippen LogP contribution in [0.2, 0.25) is 0 Å². The van der Waals surface area contributed by atoms with Crippen LogP contribution < -0.4 is 4.74 Å². The second kappa shape index (κ2) is 8.22. The monoisotopic (exact) mass is 359 g/mol. The number of rotatable bonds is 6. The third-order valence-corrected chi connectivity index (χ3v) is 4.98. The summed E-state index contributed by atoms with van der Waals surface area (Å²) in [5.41, 5.74) is 1.69. The van der Waals surface area contributed by atoms with Crippen molar-refractivity contribution in [3.05, 3.63) is 45.9 Å². The van der Waals surface area contributed by atoms with E-state index in [1.807, 2.05) is 11.8 Å². The summed E-state index contributed by atoms with van der Waals surface area (Å²) in [5.74, 6) is 0.583. The molecule has 0 atom stereocenters. The van der Waals surface area contributed by atoms with Gasteiger partial charge in [0.2, 0.25) is 0 Å². The predicted octanol–water partition coefficient (Wildman–Crippen LogP) is 1.99. The Morgan fingerprint density at radius 2 is 1.96 bits per heavy atom. The van der Waals surface area contributed by atoms with Crippen molar-refractivity contribution in [3.8, 4) is 5.75 Å². The predicted molar refractivity (Wildman–Crippen MR) is 96.0 cm³/mol. The van der Waals surface area contributed by atoms with Crippen molar-refractivity contribution in [1.29, 1.82) is 0 Å². The van der Waals surface area contributed by atoms with Gasteiger partial charge in [-0.15, -0.1) is 11.3 Å². The minimum atomic E-state index is -0.0105. The maximum absolute atomic E-state index is 12.3. The molecular formula is C18H21N3O3S. The van der Waals surface area contributed by atoms with Crippen LogP contribution in [0.25, 0.3) is 0 Å². The van der Waals surface area contributed by atoms with Gasteiger partial charge in [-0.25, -0.2) is 4.98 Å². The number of hydrogen-bond donors (Lipinski definition) is 0. The summed E-state index contributed by atoms with van der Waals surface area (Å²) in [6, 6.07) is 6.74. The largest absolute Gasteiger partial charge is 0.484 e. The Balaban J connectivity index is 1.42. The van der Waals surface area contributed by atoms with E-state index in [0.29, 0.717) is 24.4 Å². The van der Waals surface area contributed by atoms with Gasteiger partial charge in [0.25, 0.3) is 5.91 Å². The van der Waals surface area contributed by atoms with E-state index in [1.165, 1.54) is 0 Å². The van der Waals surface area contributed by atoms with E-state index >= 15 is 0 Å². The van der Waals surface area contributed by atoms with E-state index in [2.05, 4.69) is 15.3 Å². The second-order valence-electron chi connectivity index (χ2n) is 5.99. The van der Waals surface area contributed by atoms with Crippen LogP contribution in [-0.2, 0) is 11.3 Å². The highest BCUT2D eigenvalue weighted by Crippen LogP contribution is 2.13. The number of amides is 1. The van der Waals surface area contributed by atoms with Crippen LogP contribution in [0.1, 0.15) is 21.1 Å². The molecule has 0 saturated carbocycles. The minimum Gasteiger partial charge on any atom is -0.484 e. The average molecular weight is 359 g/mol. The number of piperazine rings is 1. The minimum absolute atomic E-state index is 0.0105. The van der Waals surface area contributed by atoms with Crippen molar-refractivity contribution >= 4 is 23.5 Å². The molecule has 1 fully saturated rings. The summed E-state index contributed by atoms with van der Waals surface area (Å²) < 4.78 is 5.52. The molecule has 0 unspecified atom stereocenters. The molecule has 2 heterocycles. The zero-order chi connectivity index (χ0) is 17.6. The fourth-order valence-electron chi connectivity index (χ4n) is 2.74. The average Bonchev–Trinajstić information content (AvgIpc) is 3.05. The van der Waals surface area contributed by atoms with Gasteiger partial charge >= 0.3 is 0 Å². The van der Waals surface area contributed by atoms with Gasteiger partial charge in [0, 0.05) is 43.7 Å². The Morgan fingerprint density at radius 1 is 1.24 bits per heavy atom. The number of aryl methyl sites for hydroxylation is 1. The molecule has 1 amide bonds. The van der Waals surface area contributed by atoms with Crippen LogP contribution in [-0.4, -0.2) is 59.8 Å². The molecule has 0 radical (unpaired) electrons. The van der Waals surface area contributed by atoms with Crippen LogP contribution in [0.15, 0.2) is 29.6 Å². The number of nitrogens with zero attached hydrogens (tertiary/aromatic N) is 3. The lowest BCUT2D eigenvalue weighted by Crippen LogP contribution is -2.49. The van der Waals surface area contributed by atoms with E-state index in [1.54, 1.807) is 35.6 Å². The Labute approximate surface area is 151 Å². The lowest BCUT2D eigenvalue weighted by atomic mass is 10.2. The van der Waals surface area contributed by atoms with Gasteiger partial charge in [-0.2, -0.15) is 0 Å². The number of carbonyl (C=O) groups is 2. The number of thiazole rings is 1. The smallest absolute Gasteiger partial charge is 0.260 e. The van der Waals surface area contributed by atoms with Gasteiger partial charge in [0.1, 0.15) is 12.0 Å². The Kier molecular flexibility index (Phi) is 5.78. The molecule has 1 aliphatic rings. The first-order valence-electron chi connectivity index (χ1n) is 8.23. The van der Waals surface area contributed by atoms with Crippen LogP contribution in [0.4, 0.5) is 0 Å². The molecule has 0 bridgehead atoms. The number of hydrogen-bond acceptors (Lipinski definition) is 6. The van der Waals surface area contributed by atoms with Gasteiger partial charge in [0.15, 0.2) is 6.61 Å². The Morgan fingerprint density at radius 3 is 2.56 bits per heavy atom. The number of benzene rings is 1. The molecule has 0 aliphatic carbocycles. The van der Waals surface area contributed by atoms with E-state index in [0.717, 1.165) is 36.6 Å². The van der Waals surface area contributed by atoms with Gasteiger partial charge in [-0.3, -0.25) is 14.5 Å². The first kappa shape index (κ1) is 17.6. The van der Waals surface area contributed by atoms with Crippen LogP contribution >= 0.6 is 11.3 Å². The molecule has 1 aromatic heterocycles. The first-order valence-corrected chi connectivity index (χ1v) is 9.11. The molecule has 0 spiro atoms. The summed E-state index contributed by atoms with van der Waals surface area (Å²) in [5, 5.41) is 3.18. The van der Waals surface area contributed by atoms with Gasteiger partial charge in [0.05, 0.1) is 10.7 Å². The third-order valence-electron chi connectivity index (χ3n) is 4.16. The summed E-state index contributed by atoms with van der Waals surface area (Å²) in [4.78, 5) is 31.5. The number of ether oxygens (including phenoxy) is 1. The van der Waals surface area contributed by atoms with Gasteiger partial charge < -0.3 is 9.64 Å². The normalized spacial score (nSPS) is 15.2. The highest BCUT2D eigenvalue weighted by Gasteiger charge is 2.21. The molecule has 3 rings (SSSR count). The van der Waals surface area contributed by atoms with E-state index < -0.39 is 0 Å². The zero-order valence-corrected chi connectivity index (χ0v) is 15.0. The van der Waals surface area contributed by atoms with E-state index in [-0.39, 0.29) is 12.5 Å². The standard InChI is InChI=1S/C18H21N3O3S/c1-14-19-16(13-25-14)10-20-6-8-21(9-7-20)18(23)12-24-17-4-2-15(11-22)3-5-17/h2-5,11,13H,6-10,12H2,1H3. The Bertz CT molecular complexity index is 721. The molecule has 7 heteroatoms. The van der Waals surface area contributed by atoms with E-state index in [4.69, 9.17) is 4.74 Å². The fraction of sp³-hybridized carbons (Fsp3) is 0.389. The molecule has 132 valence electrons. The highest BCUT2D eigenvalue weighted by atomic mass is 32.1. The van der Waals surface area contributed by atoms with Crippen molar-refractivity contribution in [1.82, 2.24) is 14.8 Å². The van der Waals surface area contributed by atoms with Gasteiger partial charge in [-0.1, -0.05) is 0 Å². The van der Waals surface area contributed by atoms with Crippen molar-refractivity contribution in [3.63, 3.8) is 0 Å². The number of carbonyl (C=O) groups excluding carboxylic acids is 2. The van der Waals surface area contributed by atoms with Crippen LogP contribution in [0, 0.1) is 6.92 Å². The van der Waals surface area contributed by atoms with Crippen LogP contribution in [0.5, 0.6) is 5.75 Å². The molecule has 1 aromatic carbocycles.